The zero-order chi connectivity index (χ0) is 8.43. The first kappa shape index (κ1) is 8.57. The highest BCUT2D eigenvalue weighted by atomic mass is 35.5. The van der Waals surface area contributed by atoms with Crippen molar-refractivity contribution in [2.45, 2.75) is 19.9 Å². The molecule has 0 unspecified atom stereocenters. The second-order valence-corrected chi connectivity index (χ2v) is 3.14. The monoisotopic (exact) mass is 169 g/mol. The minimum atomic E-state index is 0.0161. The van der Waals surface area contributed by atoms with Crippen molar-refractivity contribution in [2.75, 3.05) is 0 Å². The first-order chi connectivity index (χ1) is 5.13. The Morgan fingerprint density at radius 2 is 2.09 bits per heavy atom. The van der Waals surface area contributed by atoms with Crippen LogP contribution >= 0.6 is 11.6 Å². The number of halogens is 1. The molecule has 0 aliphatic carbocycles. The minimum Gasteiger partial charge on any atom is -0.324 e. The van der Waals surface area contributed by atoms with Crippen molar-refractivity contribution in [1.29, 1.82) is 0 Å². The van der Waals surface area contributed by atoms with Crippen molar-refractivity contribution < 1.29 is 0 Å². The van der Waals surface area contributed by atoms with E-state index in [0.717, 1.165) is 16.1 Å². The van der Waals surface area contributed by atoms with Gasteiger partial charge in [-0.3, -0.25) is 0 Å². The van der Waals surface area contributed by atoms with Crippen LogP contribution in [0.25, 0.3) is 0 Å². The summed E-state index contributed by atoms with van der Waals surface area (Å²) in [5.41, 5.74) is 7.80. The maximum absolute atomic E-state index is 6.01. The molecular weight excluding hydrogens is 158 g/mol. The van der Waals surface area contributed by atoms with Crippen molar-refractivity contribution >= 4 is 11.6 Å². The summed E-state index contributed by atoms with van der Waals surface area (Å²) in [6.45, 7) is 3.91. The molecule has 1 aromatic rings. The fourth-order valence-electron chi connectivity index (χ4n) is 1.02. The van der Waals surface area contributed by atoms with Crippen LogP contribution in [0.5, 0.6) is 0 Å². The second kappa shape index (κ2) is 3.24. The van der Waals surface area contributed by atoms with Crippen molar-refractivity contribution in [3.05, 3.63) is 34.3 Å². The van der Waals surface area contributed by atoms with Crippen LogP contribution in [0.1, 0.15) is 24.1 Å². The van der Waals surface area contributed by atoms with Gasteiger partial charge in [-0.25, -0.2) is 0 Å². The fraction of sp³-hybridized carbons (Fsp3) is 0.333. The minimum absolute atomic E-state index is 0.0161. The molecule has 11 heavy (non-hydrogen) atoms. The van der Waals surface area contributed by atoms with E-state index in [1.165, 1.54) is 0 Å². The van der Waals surface area contributed by atoms with Crippen LogP contribution in [-0.2, 0) is 0 Å². The standard InChI is InChI=1S/C9H12ClN/c1-6-4-3-5-8(7(2)11)9(6)10/h3-5,7H,11H2,1-2H3/t7-/m1/s1. The highest BCUT2D eigenvalue weighted by molar-refractivity contribution is 6.32. The molecular formula is C9H12ClN. The van der Waals surface area contributed by atoms with E-state index in [2.05, 4.69) is 0 Å². The highest BCUT2D eigenvalue weighted by Crippen LogP contribution is 2.24. The number of aryl methyl sites for hydroxylation is 1. The van der Waals surface area contributed by atoms with Gasteiger partial charge >= 0.3 is 0 Å². The maximum Gasteiger partial charge on any atom is 0.0482 e. The van der Waals surface area contributed by atoms with Crippen LogP contribution in [0.15, 0.2) is 18.2 Å². The van der Waals surface area contributed by atoms with Gasteiger partial charge in [0.2, 0.25) is 0 Å². The molecule has 0 spiro atoms. The molecule has 0 aliphatic rings. The lowest BCUT2D eigenvalue weighted by Gasteiger charge is -2.09. The summed E-state index contributed by atoms with van der Waals surface area (Å²) in [5, 5.41) is 0.794. The van der Waals surface area contributed by atoms with Gasteiger partial charge in [0.1, 0.15) is 0 Å². The van der Waals surface area contributed by atoms with Crippen molar-refractivity contribution in [3.63, 3.8) is 0 Å². The van der Waals surface area contributed by atoms with Crippen molar-refractivity contribution in [3.8, 4) is 0 Å². The summed E-state index contributed by atoms with van der Waals surface area (Å²) in [4.78, 5) is 0. The molecule has 0 aliphatic heterocycles. The molecule has 0 saturated carbocycles. The largest absolute Gasteiger partial charge is 0.324 e. The lowest BCUT2D eigenvalue weighted by molar-refractivity contribution is 0.817. The molecule has 1 nitrogen and oxygen atoms in total. The van der Waals surface area contributed by atoms with Gasteiger partial charge in [0.05, 0.1) is 0 Å². The third kappa shape index (κ3) is 1.73. The van der Waals surface area contributed by atoms with Crippen molar-refractivity contribution in [1.82, 2.24) is 0 Å². The molecule has 1 rings (SSSR count). The summed E-state index contributed by atoms with van der Waals surface area (Å²) in [6.07, 6.45) is 0. The van der Waals surface area contributed by atoms with Gasteiger partial charge in [-0.2, -0.15) is 0 Å². The van der Waals surface area contributed by atoms with E-state index < -0.39 is 0 Å². The smallest absolute Gasteiger partial charge is 0.0482 e. The first-order valence-electron chi connectivity index (χ1n) is 3.63. The number of rotatable bonds is 1. The second-order valence-electron chi connectivity index (χ2n) is 2.77. The Kier molecular flexibility index (Phi) is 2.53. The van der Waals surface area contributed by atoms with E-state index in [9.17, 15) is 0 Å². The Morgan fingerprint density at radius 1 is 1.45 bits per heavy atom. The summed E-state index contributed by atoms with van der Waals surface area (Å²) in [7, 11) is 0. The summed E-state index contributed by atoms with van der Waals surface area (Å²) < 4.78 is 0. The van der Waals surface area contributed by atoms with Crippen LogP contribution in [0.4, 0.5) is 0 Å². The zero-order valence-corrected chi connectivity index (χ0v) is 7.52. The van der Waals surface area contributed by atoms with E-state index in [0.29, 0.717) is 0 Å². The van der Waals surface area contributed by atoms with Gasteiger partial charge in [0.15, 0.2) is 0 Å². The third-order valence-electron chi connectivity index (χ3n) is 1.71. The van der Waals surface area contributed by atoms with E-state index in [-0.39, 0.29) is 6.04 Å². The van der Waals surface area contributed by atoms with Crippen LogP contribution in [0, 0.1) is 6.92 Å². The molecule has 1 atom stereocenters. The molecule has 0 bridgehead atoms. The van der Waals surface area contributed by atoms with E-state index >= 15 is 0 Å². The van der Waals surface area contributed by atoms with E-state index in [1.807, 2.05) is 32.0 Å². The molecule has 2 N–H and O–H groups in total. The first-order valence-corrected chi connectivity index (χ1v) is 4.01. The lowest BCUT2D eigenvalue weighted by Crippen LogP contribution is -2.05. The average Bonchev–Trinajstić information content (AvgIpc) is 1.94. The molecule has 0 heterocycles. The van der Waals surface area contributed by atoms with Gasteiger partial charge in [-0.1, -0.05) is 29.8 Å². The Balaban J connectivity index is 3.17. The van der Waals surface area contributed by atoms with Crippen LogP contribution in [-0.4, -0.2) is 0 Å². The number of benzene rings is 1. The molecule has 0 amide bonds. The number of hydrogen-bond acceptors (Lipinski definition) is 1. The topological polar surface area (TPSA) is 26.0 Å². The average molecular weight is 170 g/mol. The fourth-order valence-corrected chi connectivity index (χ4v) is 1.32. The molecule has 2 heteroatoms. The Hall–Kier alpha value is -0.530. The Morgan fingerprint density at radius 3 is 2.55 bits per heavy atom. The van der Waals surface area contributed by atoms with Crippen LogP contribution < -0.4 is 5.73 Å². The molecule has 0 fully saturated rings. The third-order valence-corrected chi connectivity index (χ3v) is 2.23. The predicted molar refractivity (Wildman–Crippen MR) is 48.8 cm³/mol. The summed E-state index contributed by atoms with van der Waals surface area (Å²) >= 11 is 6.01. The number of nitrogens with two attached hydrogens (primary N) is 1. The SMILES string of the molecule is Cc1cccc([C@@H](C)N)c1Cl. The summed E-state index contributed by atoms with van der Waals surface area (Å²) in [6, 6.07) is 5.93. The molecule has 60 valence electrons. The molecule has 1 aromatic carbocycles. The summed E-state index contributed by atoms with van der Waals surface area (Å²) in [5.74, 6) is 0. The molecule has 0 saturated heterocycles. The molecule has 0 radical (unpaired) electrons. The van der Waals surface area contributed by atoms with Crippen LogP contribution in [0.3, 0.4) is 0 Å². The Bertz CT molecular complexity index is 256. The van der Waals surface area contributed by atoms with Gasteiger partial charge in [0.25, 0.3) is 0 Å². The quantitative estimate of drug-likeness (QED) is 0.688. The number of hydrogen-bond donors (Lipinski definition) is 1. The lowest BCUT2D eigenvalue weighted by atomic mass is 10.1. The highest BCUT2D eigenvalue weighted by Gasteiger charge is 2.05. The zero-order valence-electron chi connectivity index (χ0n) is 6.76. The van der Waals surface area contributed by atoms with Gasteiger partial charge < -0.3 is 5.73 Å². The van der Waals surface area contributed by atoms with Crippen LogP contribution in [0.2, 0.25) is 5.02 Å². The van der Waals surface area contributed by atoms with Gasteiger partial charge in [-0.05, 0) is 25.0 Å². The predicted octanol–water partition coefficient (Wildman–Crippen LogP) is 2.67. The van der Waals surface area contributed by atoms with Gasteiger partial charge in [-0.15, -0.1) is 0 Å². The van der Waals surface area contributed by atoms with Gasteiger partial charge in [0, 0.05) is 11.1 Å². The molecule has 0 aromatic heterocycles. The normalized spacial score (nSPS) is 13.1. The van der Waals surface area contributed by atoms with Crippen molar-refractivity contribution in [2.24, 2.45) is 5.73 Å². The van der Waals surface area contributed by atoms with E-state index in [4.69, 9.17) is 17.3 Å². The Labute approximate surface area is 72.2 Å². The van der Waals surface area contributed by atoms with E-state index in [1.54, 1.807) is 0 Å². The maximum atomic E-state index is 6.01.